The second-order valence-corrected chi connectivity index (χ2v) is 4.94. The molecule has 1 heterocycles. The Morgan fingerprint density at radius 2 is 2.05 bits per heavy atom. The number of nitrogens with zero attached hydrogens (tertiary/aromatic N) is 1. The van der Waals surface area contributed by atoms with Crippen LogP contribution in [0.4, 0.5) is 5.82 Å². The third-order valence-electron chi connectivity index (χ3n) is 2.45. The largest absolute Gasteiger partial charge is 0.370 e. The number of hydrogen-bond acceptors (Lipinski definition) is 4. The number of nitrogens with one attached hydrogen (secondary N) is 2. The van der Waals surface area contributed by atoms with E-state index in [4.69, 9.17) is 5.73 Å². The molecule has 19 heavy (non-hydrogen) atoms. The zero-order valence-corrected chi connectivity index (χ0v) is 11.5. The van der Waals surface area contributed by atoms with E-state index in [9.17, 15) is 9.59 Å². The number of nitrogens with two attached hydrogens (primary N) is 1. The lowest BCUT2D eigenvalue weighted by Gasteiger charge is -2.24. The van der Waals surface area contributed by atoms with Gasteiger partial charge in [0.1, 0.15) is 5.82 Å². The first kappa shape index (κ1) is 14.9. The summed E-state index contributed by atoms with van der Waals surface area (Å²) in [6.45, 7) is 6.23. The summed E-state index contributed by atoms with van der Waals surface area (Å²) < 4.78 is 0. The topological polar surface area (TPSA) is 97.1 Å². The predicted molar refractivity (Wildman–Crippen MR) is 73.8 cm³/mol. The van der Waals surface area contributed by atoms with Crippen molar-refractivity contribution in [1.82, 2.24) is 10.3 Å². The number of anilines is 1. The zero-order valence-electron chi connectivity index (χ0n) is 11.5. The average Bonchev–Trinajstić information content (AvgIpc) is 2.27. The van der Waals surface area contributed by atoms with Crippen molar-refractivity contribution >= 4 is 17.6 Å². The minimum absolute atomic E-state index is 0.0850. The van der Waals surface area contributed by atoms with E-state index >= 15 is 0 Å². The molecule has 6 heteroatoms. The summed E-state index contributed by atoms with van der Waals surface area (Å²) in [5, 5.41) is 5.80. The van der Waals surface area contributed by atoms with Gasteiger partial charge in [-0.1, -0.05) is 0 Å². The van der Waals surface area contributed by atoms with Crippen molar-refractivity contribution in [2.45, 2.75) is 32.7 Å². The Labute approximate surface area is 112 Å². The Bertz CT molecular complexity index is 454. The SMILES string of the molecule is CCNc1ccc(C(=O)NC(C)(C)CC(N)=O)cn1. The molecule has 0 radical (unpaired) electrons. The Morgan fingerprint density at radius 3 is 2.53 bits per heavy atom. The lowest BCUT2D eigenvalue weighted by molar-refractivity contribution is -0.119. The van der Waals surface area contributed by atoms with Crippen LogP contribution in [0.1, 0.15) is 37.6 Å². The maximum atomic E-state index is 12.0. The molecule has 1 rings (SSSR count). The molecule has 0 spiro atoms. The van der Waals surface area contributed by atoms with Crippen molar-refractivity contribution < 1.29 is 9.59 Å². The Kier molecular flexibility index (Phi) is 4.86. The highest BCUT2D eigenvalue weighted by Gasteiger charge is 2.23. The molecule has 1 aromatic rings. The Morgan fingerprint density at radius 1 is 1.37 bits per heavy atom. The third-order valence-corrected chi connectivity index (χ3v) is 2.45. The first-order valence-electron chi connectivity index (χ1n) is 6.15. The number of hydrogen-bond donors (Lipinski definition) is 3. The first-order valence-corrected chi connectivity index (χ1v) is 6.15. The minimum atomic E-state index is -0.677. The van der Waals surface area contributed by atoms with E-state index in [1.54, 1.807) is 26.0 Å². The van der Waals surface area contributed by atoms with Gasteiger partial charge in [0.15, 0.2) is 0 Å². The van der Waals surface area contributed by atoms with Gasteiger partial charge in [0.25, 0.3) is 5.91 Å². The second kappa shape index (κ2) is 6.17. The van der Waals surface area contributed by atoms with Crippen LogP contribution in [-0.2, 0) is 4.79 Å². The molecule has 6 nitrogen and oxygen atoms in total. The molecule has 0 unspecified atom stereocenters. The summed E-state index contributed by atoms with van der Waals surface area (Å²) in [6.07, 6.45) is 1.58. The number of carbonyl (C=O) groups is 2. The maximum Gasteiger partial charge on any atom is 0.253 e. The van der Waals surface area contributed by atoms with Crippen LogP contribution in [0, 0.1) is 0 Å². The monoisotopic (exact) mass is 264 g/mol. The highest BCUT2D eigenvalue weighted by molar-refractivity contribution is 5.94. The Hall–Kier alpha value is -2.11. The molecule has 0 aliphatic carbocycles. The summed E-state index contributed by atoms with van der Waals surface area (Å²) >= 11 is 0. The fourth-order valence-corrected chi connectivity index (χ4v) is 1.67. The van der Waals surface area contributed by atoms with E-state index in [1.165, 1.54) is 6.20 Å². The summed E-state index contributed by atoms with van der Waals surface area (Å²) in [5.74, 6) is -0.0110. The fraction of sp³-hybridized carbons (Fsp3) is 0.462. The highest BCUT2D eigenvalue weighted by atomic mass is 16.2. The van der Waals surface area contributed by atoms with Crippen molar-refractivity contribution in [2.24, 2.45) is 5.73 Å². The van der Waals surface area contributed by atoms with Crippen LogP contribution >= 0.6 is 0 Å². The highest BCUT2D eigenvalue weighted by Crippen LogP contribution is 2.10. The van der Waals surface area contributed by atoms with Crippen LogP contribution in [0.25, 0.3) is 0 Å². The average molecular weight is 264 g/mol. The summed E-state index contributed by atoms with van der Waals surface area (Å²) in [6, 6.07) is 3.42. The van der Waals surface area contributed by atoms with Gasteiger partial charge in [-0.15, -0.1) is 0 Å². The van der Waals surface area contributed by atoms with E-state index in [1.807, 2.05) is 6.92 Å². The predicted octanol–water partition coefficient (Wildman–Crippen LogP) is 0.897. The molecule has 0 saturated carbocycles. The van der Waals surface area contributed by atoms with E-state index in [-0.39, 0.29) is 12.3 Å². The molecule has 2 amide bonds. The maximum absolute atomic E-state index is 12.0. The molecule has 0 bridgehead atoms. The van der Waals surface area contributed by atoms with Gasteiger partial charge in [-0.3, -0.25) is 9.59 Å². The van der Waals surface area contributed by atoms with Crippen molar-refractivity contribution in [2.75, 3.05) is 11.9 Å². The molecule has 0 atom stereocenters. The number of primary amides is 1. The second-order valence-electron chi connectivity index (χ2n) is 4.94. The molecular formula is C13H20N4O2. The first-order chi connectivity index (χ1) is 8.84. The molecule has 4 N–H and O–H groups in total. The summed E-state index contributed by atoms with van der Waals surface area (Å²) in [7, 11) is 0. The molecule has 0 aliphatic rings. The van der Waals surface area contributed by atoms with Gasteiger partial charge in [0.2, 0.25) is 5.91 Å². The van der Waals surface area contributed by atoms with E-state index in [0.717, 1.165) is 12.4 Å². The number of amides is 2. The third kappa shape index (κ3) is 4.95. The molecule has 0 aliphatic heterocycles. The molecule has 104 valence electrons. The zero-order chi connectivity index (χ0) is 14.5. The van der Waals surface area contributed by atoms with E-state index in [0.29, 0.717) is 5.56 Å². The quantitative estimate of drug-likeness (QED) is 0.711. The van der Waals surface area contributed by atoms with Gasteiger partial charge < -0.3 is 16.4 Å². The van der Waals surface area contributed by atoms with Crippen LogP contribution in [-0.4, -0.2) is 28.9 Å². The number of pyridine rings is 1. The molecule has 0 fully saturated rings. The van der Waals surface area contributed by atoms with Gasteiger partial charge in [-0.2, -0.15) is 0 Å². The van der Waals surface area contributed by atoms with Gasteiger partial charge in [0, 0.05) is 24.7 Å². The molecule has 0 saturated heterocycles. The fourth-order valence-electron chi connectivity index (χ4n) is 1.67. The van der Waals surface area contributed by atoms with Crippen LogP contribution in [0.5, 0.6) is 0 Å². The summed E-state index contributed by atoms with van der Waals surface area (Å²) in [5.41, 5.74) is 4.90. The minimum Gasteiger partial charge on any atom is -0.370 e. The lowest BCUT2D eigenvalue weighted by atomic mass is 10.00. The van der Waals surface area contributed by atoms with Crippen molar-refractivity contribution in [1.29, 1.82) is 0 Å². The van der Waals surface area contributed by atoms with Crippen molar-refractivity contribution in [3.63, 3.8) is 0 Å². The molecule has 0 aromatic carbocycles. The Balaban J connectivity index is 2.70. The van der Waals surface area contributed by atoms with Gasteiger partial charge in [0.05, 0.1) is 5.56 Å². The smallest absolute Gasteiger partial charge is 0.253 e. The number of aromatic nitrogens is 1. The summed E-state index contributed by atoms with van der Waals surface area (Å²) in [4.78, 5) is 27.0. The molecular weight excluding hydrogens is 244 g/mol. The standard InChI is InChI=1S/C13H20N4O2/c1-4-15-11-6-5-9(8-16-11)12(19)17-13(2,3)7-10(14)18/h5-6,8H,4,7H2,1-3H3,(H2,14,18)(H,15,16)(H,17,19). The van der Waals surface area contributed by atoms with Gasteiger partial charge in [-0.25, -0.2) is 4.98 Å². The van der Waals surface area contributed by atoms with E-state index < -0.39 is 11.4 Å². The van der Waals surface area contributed by atoms with Crippen molar-refractivity contribution in [3.05, 3.63) is 23.9 Å². The van der Waals surface area contributed by atoms with Crippen LogP contribution < -0.4 is 16.4 Å². The van der Waals surface area contributed by atoms with E-state index in [2.05, 4.69) is 15.6 Å². The van der Waals surface area contributed by atoms with Gasteiger partial charge in [-0.05, 0) is 32.9 Å². The number of carbonyl (C=O) groups excluding carboxylic acids is 2. The normalized spacial score (nSPS) is 10.9. The number of rotatable bonds is 6. The van der Waals surface area contributed by atoms with Gasteiger partial charge >= 0.3 is 0 Å². The lowest BCUT2D eigenvalue weighted by Crippen LogP contribution is -2.46. The van der Waals surface area contributed by atoms with Crippen LogP contribution in [0.15, 0.2) is 18.3 Å². The van der Waals surface area contributed by atoms with Crippen LogP contribution in [0.3, 0.4) is 0 Å². The van der Waals surface area contributed by atoms with Crippen LogP contribution in [0.2, 0.25) is 0 Å². The van der Waals surface area contributed by atoms with Crippen molar-refractivity contribution in [3.8, 4) is 0 Å². The molecule has 1 aromatic heterocycles.